The van der Waals surface area contributed by atoms with Crippen LogP contribution in [0.15, 0.2) is 35.5 Å². The summed E-state index contributed by atoms with van der Waals surface area (Å²) in [6, 6.07) is 9.96. The van der Waals surface area contributed by atoms with Crippen molar-refractivity contribution in [1.29, 1.82) is 0 Å². The zero-order valence-corrected chi connectivity index (χ0v) is 14.0. The Morgan fingerprint density at radius 1 is 1.18 bits per heavy atom. The van der Waals surface area contributed by atoms with Crippen LogP contribution >= 0.6 is 11.8 Å². The van der Waals surface area contributed by atoms with Gasteiger partial charge in [0, 0.05) is 10.7 Å². The first-order valence-electron chi connectivity index (χ1n) is 7.53. The van der Waals surface area contributed by atoms with Gasteiger partial charge in [0.05, 0.1) is 0 Å². The van der Waals surface area contributed by atoms with E-state index in [0.29, 0.717) is 5.25 Å². The first-order chi connectivity index (χ1) is 10.4. The lowest BCUT2D eigenvalue weighted by molar-refractivity contribution is 0.126. The van der Waals surface area contributed by atoms with Gasteiger partial charge in [-0.15, -0.1) is 10.2 Å². The lowest BCUT2D eigenvalue weighted by atomic mass is 9.95. The van der Waals surface area contributed by atoms with E-state index in [1.54, 1.807) is 16.4 Å². The van der Waals surface area contributed by atoms with E-state index in [0.717, 1.165) is 29.6 Å². The Morgan fingerprint density at radius 2 is 1.86 bits per heavy atom. The molecule has 0 amide bonds. The summed E-state index contributed by atoms with van der Waals surface area (Å²) in [6.07, 6.45) is 2.31. The zero-order valence-electron chi connectivity index (χ0n) is 13.2. The summed E-state index contributed by atoms with van der Waals surface area (Å²) in [7, 11) is 0. The summed E-state index contributed by atoms with van der Waals surface area (Å²) in [6.45, 7) is 6.26. The smallest absolute Gasteiger partial charge is 0.210 e. The van der Waals surface area contributed by atoms with Gasteiger partial charge in [-0.3, -0.25) is 0 Å². The SMILES string of the molecule is CC(C)(C)c1nnc(SC2CC(Oc3ccccc3)C2)n1N. The highest BCUT2D eigenvalue weighted by atomic mass is 32.2. The van der Waals surface area contributed by atoms with E-state index in [4.69, 9.17) is 10.6 Å². The number of hydrogen-bond donors (Lipinski definition) is 1. The third-order valence-electron chi connectivity index (χ3n) is 3.70. The molecule has 1 aliphatic carbocycles. The fourth-order valence-electron chi connectivity index (χ4n) is 2.42. The highest BCUT2D eigenvalue weighted by Crippen LogP contribution is 2.38. The molecule has 0 spiro atoms. The second kappa shape index (κ2) is 5.83. The van der Waals surface area contributed by atoms with Crippen LogP contribution < -0.4 is 10.6 Å². The fourth-order valence-corrected chi connectivity index (χ4v) is 3.63. The summed E-state index contributed by atoms with van der Waals surface area (Å²) in [5.41, 5.74) is -0.0981. The lowest BCUT2D eigenvalue weighted by Crippen LogP contribution is -2.36. The molecule has 2 N–H and O–H groups in total. The number of para-hydroxylation sites is 1. The van der Waals surface area contributed by atoms with Crippen molar-refractivity contribution in [3.05, 3.63) is 36.2 Å². The molecule has 1 aromatic heterocycles. The third-order valence-corrected chi connectivity index (χ3v) is 4.91. The molecule has 22 heavy (non-hydrogen) atoms. The number of nitrogens with two attached hydrogens (primary N) is 1. The molecule has 1 aliphatic rings. The highest BCUT2D eigenvalue weighted by molar-refractivity contribution is 7.99. The van der Waals surface area contributed by atoms with E-state index < -0.39 is 0 Å². The number of aromatic nitrogens is 3. The standard InChI is InChI=1S/C16H22N4OS/c1-16(2,3)14-18-19-15(20(14)17)22-13-9-12(10-13)21-11-7-5-4-6-8-11/h4-8,12-13H,9-10,17H2,1-3H3. The van der Waals surface area contributed by atoms with Crippen molar-refractivity contribution >= 4 is 11.8 Å². The Balaban J connectivity index is 1.53. The topological polar surface area (TPSA) is 66.0 Å². The third kappa shape index (κ3) is 3.21. The van der Waals surface area contributed by atoms with Gasteiger partial charge in [-0.05, 0) is 25.0 Å². The van der Waals surface area contributed by atoms with Crippen LogP contribution in [0, 0.1) is 0 Å². The van der Waals surface area contributed by atoms with Crippen molar-refractivity contribution < 1.29 is 4.74 Å². The molecule has 0 atom stereocenters. The molecule has 5 nitrogen and oxygen atoms in total. The Bertz CT molecular complexity index is 629. The van der Waals surface area contributed by atoms with Gasteiger partial charge in [0.2, 0.25) is 5.16 Å². The fraction of sp³-hybridized carbons (Fsp3) is 0.500. The maximum Gasteiger partial charge on any atom is 0.210 e. The van der Waals surface area contributed by atoms with Gasteiger partial charge in [0.25, 0.3) is 0 Å². The van der Waals surface area contributed by atoms with Crippen LogP contribution in [0.2, 0.25) is 0 Å². The largest absolute Gasteiger partial charge is 0.490 e. The second-order valence-electron chi connectivity index (χ2n) is 6.69. The van der Waals surface area contributed by atoms with Gasteiger partial charge in [0.15, 0.2) is 5.82 Å². The summed E-state index contributed by atoms with van der Waals surface area (Å²) >= 11 is 1.69. The normalized spacial score (nSPS) is 21.4. The quantitative estimate of drug-likeness (QED) is 0.878. The van der Waals surface area contributed by atoms with Gasteiger partial charge >= 0.3 is 0 Å². The van der Waals surface area contributed by atoms with Crippen LogP contribution in [0.5, 0.6) is 5.75 Å². The lowest BCUT2D eigenvalue weighted by Gasteiger charge is -2.34. The molecule has 0 saturated heterocycles. The van der Waals surface area contributed by atoms with Crippen LogP contribution in [-0.2, 0) is 5.41 Å². The van der Waals surface area contributed by atoms with Crippen molar-refractivity contribution in [2.24, 2.45) is 0 Å². The maximum absolute atomic E-state index is 6.11. The summed E-state index contributed by atoms with van der Waals surface area (Å²) in [5.74, 6) is 7.86. The Morgan fingerprint density at radius 3 is 2.45 bits per heavy atom. The van der Waals surface area contributed by atoms with Gasteiger partial charge in [-0.1, -0.05) is 50.7 Å². The van der Waals surface area contributed by atoms with Crippen LogP contribution in [-0.4, -0.2) is 26.2 Å². The van der Waals surface area contributed by atoms with Gasteiger partial charge < -0.3 is 10.6 Å². The van der Waals surface area contributed by atoms with Crippen molar-refractivity contribution in [2.45, 2.75) is 55.5 Å². The van der Waals surface area contributed by atoms with E-state index in [1.165, 1.54) is 0 Å². The van der Waals surface area contributed by atoms with Gasteiger partial charge in [0.1, 0.15) is 11.9 Å². The molecular formula is C16H22N4OS. The molecule has 6 heteroatoms. The number of nitrogens with zero attached hydrogens (tertiary/aromatic N) is 3. The molecule has 1 heterocycles. The van der Waals surface area contributed by atoms with Crippen LogP contribution in [0.3, 0.4) is 0 Å². The molecular weight excluding hydrogens is 296 g/mol. The molecule has 0 radical (unpaired) electrons. The van der Waals surface area contributed by atoms with Gasteiger partial charge in [-0.25, -0.2) is 4.68 Å². The summed E-state index contributed by atoms with van der Waals surface area (Å²) in [5, 5.41) is 9.72. The number of hydrogen-bond acceptors (Lipinski definition) is 5. The second-order valence-corrected chi connectivity index (χ2v) is 7.96. The Labute approximate surface area is 135 Å². The van der Waals surface area contributed by atoms with E-state index in [1.807, 2.05) is 30.3 Å². The molecule has 1 fully saturated rings. The van der Waals surface area contributed by atoms with E-state index in [2.05, 4.69) is 31.0 Å². The number of benzene rings is 1. The predicted octanol–water partition coefficient (Wildman–Crippen LogP) is 2.99. The molecule has 1 aromatic carbocycles. The number of ether oxygens (including phenoxy) is 1. The summed E-state index contributed by atoms with van der Waals surface area (Å²) < 4.78 is 7.54. The Hall–Kier alpha value is -1.69. The van der Waals surface area contributed by atoms with Crippen LogP contribution in [0.1, 0.15) is 39.4 Å². The summed E-state index contributed by atoms with van der Waals surface area (Å²) in [4.78, 5) is 0. The monoisotopic (exact) mass is 318 g/mol. The van der Waals surface area contributed by atoms with Crippen LogP contribution in [0.25, 0.3) is 0 Å². The molecule has 1 saturated carbocycles. The van der Waals surface area contributed by atoms with Crippen LogP contribution in [0.4, 0.5) is 0 Å². The molecule has 0 aliphatic heterocycles. The first-order valence-corrected chi connectivity index (χ1v) is 8.41. The average Bonchev–Trinajstić information content (AvgIpc) is 2.79. The minimum atomic E-state index is -0.0981. The average molecular weight is 318 g/mol. The Kier molecular flexibility index (Phi) is 4.04. The zero-order chi connectivity index (χ0) is 15.7. The molecule has 118 valence electrons. The van der Waals surface area contributed by atoms with E-state index in [-0.39, 0.29) is 11.5 Å². The van der Waals surface area contributed by atoms with Crippen molar-refractivity contribution in [3.8, 4) is 5.75 Å². The molecule has 2 aromatic rings. The maximum atomic E-state index is 6.11. The van der Waals surface area contributed by atoms with Crippen molar-refractivity contribution in [1.82, 2.24) is 14.9 Å². The predicted molar refractivity (Wildman–Crippen MR) is 88.6 cm³/mol. The number of nitrogen functional groups attached to an aromatic ring is 1. The van der Waals surface area contributed by atoms with Crippen molar-refractivity contribution in [3.63, 3.8) is 0 Å². The minimum Gasteiger partial charge on any atom is -0.490 e. The molecule has 3 rings (SSSR count). The highest BCUT2D eigenvalue weighted by Gasteiger charge is 2.34. The van der Waals surface area contributed by atoms with Crippen molar-refractivity contribution in [2.75, 3.05) is 5.84 Å². The molecule has 0 unspecified atom stereocenters. The van der Waals surface area contributed by atoms with E-state index in [9.17, 15) is 0 Å². The van der Waals surface area contributed by atoms with E-state index >= 15 is 0 Å². The minimum absolute atomic E-state index is 0.0981. The number of thioether (sulfide) groups is 1. The first kappa shape index (κ1) is 15.2. The number of rotatable bonds is 4. The molecule has 0 bridgehead atoms. The van der Waals surface area contributed by atoms with Gasteiger partial charge in [-0.2, -0.15) is 0 Å².